The number of halogens is 3. The van der Waals surface area contributed by atoms with E-state index in [4.69, 9.17) is 16.3 Å². The van der Waals surface area contributed by atoms with Crippen molar-refractivity contribution in [2.24, 2.45) is 0 Å². The second-order valence-corrected chi connectivity index (χ2v) is 11.2. The van der Waals surface area contributed by atoms with E-state index >= 15 is 0 Å². The molecule has 1 heterocycles. The van der Waals surface area contributed by atoms with Crippen LogP contribution in [0.1, 0.15) is 66.1 Å². The summed E-state index contributed by atoms with van der Waals surface area (Å²) < 4.78 is 59.1. The molecule has 1 N–H and O–H groups in total. The van der Waals surface area contributed by atoms with Gasteiger partial charge in [0, 0.05) is 23.7 Å². The molecule has 0 spiro atoms. The number of sulfonamides is 1. The van der Waals surface area contributed by atoms with Gasteiger partial charge in [0.1, 0.15) is 23.5 Å². The molecule has 34 heavy (non-hydrogen) atoms. The maximum atomic E-state index is 14.8. The zero-order valence-electron chi connectivity index (χ0n) is 19.0. The maximum Gasteiger partial charge on any atom is 0.267 e. The lowest BCUT2D eigenvalue weighted by atomic mass is 10.0. The molecule has 1 saturated carbocycles. The fraction of sp³-hybridized carbons (Fsp3) is 0.458. The summed E-state index contributed by atoms with van der Waals surface area (Å²) >= 11 is 6.26. The highest BCUT2D eigenvalue weighted by atomic mass is 35.5. The van der Waals surface area contributed by atoms with E-state index in [2.05, 4.69) is 4.90 Å². The Bertz CT molecular complexity index is 1200. The second kappa shape index (κ2) is 9.79. The zero-order valence-corrected chi connectivity index (χ0v) is 20.6. The van der Waals surface area contributed by atoms with E-state index in [1.165, 1.54) is 24.3 Å². The van der Waals surface area contributed by atoms with Crippen LogP contribution < -0.4 is 9.46 Å². The van der Waals surface area contributed by atoms with Gasteiger partial charge in [-0.05, 0) is 74.4 Å². The highest BCUT2D eigenvalue weighted by Crippen LogP contribution is 2.45. The first kappa shape index (κ1) is 24.9. The Morgan fingerprint density at radius 1 is 1.21 bits per heavy atom. The van der Waals surface area contributed by atoms with Gasteiger partial charge in [-0.2, -0.15) is 0 Å². The van der Waals surface area contributed by atoms with Crippen LogP contribution in [-0.2, 0) is 10.0 Å². The van der Waals surface area contributed by atoms with Gasteiger partial charge in [0.15, 0.2) is 0 Å². The van der Waals surface area contributed by atoms with E-state index in [-0.39, 0.29) is 29.4 Å². The van der Waals surface area contributed by atoms with E-state index < -0.39 is 21.7 Å². The molecular formula is C24H27ClF2N2O4S. The van der Waals surface area contributed by atoms with E-state index in [0.29, 0.717) is 22.9 Å². The molecule has 0 aromatic heterocycles. The first-order valence-electron chi connectivity index (χ1n) is 11.2. The average molecular weight is 513 g/mol. The van der Waals surface area contributed by atoms with Crippen molar-refractivity contribution in [3.05, 3.63) is 63.7 Å². The van der Waals surface area contributed by atoms with Crippen molar-refractivity contribution < 1.29 is 26.7 Å². The van der Waals surface area contributed by atoms with Gasteiger partial charge in [0.2, 0.25) is 10.0 Å². The van der Waals surface area contributed by atoms with Crippen LogP contribution in [0.2, 0.25) is 5.02 Å². The Balaban J connectivity index is 1.52. The Morgan fingerprint density at radius 2 is 1.94 bits per heavy atom. The van der Waals surface area contributed by atoms with Crippen LogP contribution in [0.15, 0.2) is 30.3 Å². The van der Waals surface area contributed by atoms with Gasteiger partial charge >= 0.3 is 0 Å². The summed E-state index contributed by atoms with van der Waals surface area (Å²) in [6.45, 7) is 3.41. The van der Waals surface area contributed by atoms with Gasteiger partial charge in [-0.3, -0.25) is 9.69 Å². The molecule has 6 nitrogen and oxygen atoms in total. The summed E-state index contributed by atoms with van der Waals surface area (Å²) in [6.07, 6.45) is 4.07. The Labute approximate surface area is 203 Å². The molecule has 2 fully saturated rings. The summed E-state index contributed by atoms with van der Waals surface area (Å²) in [4.78, 5) is 14.5. The predicted molar refractivity (Wildman–Crippen MR) is 126 cm³/mol. The van der Waals surface area contributed by atoms with Gasteiger partial charge in [-0.1, -0.05) is 17.7 Å². The molecule has 1 unspecified atom stereocenters. The monoisotopic (exact) mass is 512 g/mol. The number of benzene rings is 2. The van der Waals surface area contributed by atoms with Crippen LogP contribution in [0.4, 0.5) is 8.78 Å². The largest absolute Gasteiger partial charge is 0.489 e. The van der Waals surface area contributed by atoms with Crippen molar-refractivity contribution in [1.29, 1.82) is 0 Å². The van der Waals surface area contributed by atoms with Crippen molar-refractivity contribution in [1.82, 2.24) is 9.62 Å². The molecule has 4 rings (SSSR count). The lowest BCUT2D eigenvalue weighted by Crippen LogP contribution is -2.42. The molecule has 184 valence electrons. The van der Waals surface area contributed by atoms with Crippen LogP contribution in [0.25, 0.3) is 0 Å². The van der Waals surface area contributed by atoms with Crippen molar-refractivity contribution in [2.75, 3.05) is 19.3 Å². The fourth-order valence-electron chi connectivity index (χ4n) is 4.42. The highest BCUT2D eigenvalue weighted by molar-refractivity contribution is 7.89. The number of hydrogen-bond donors (Lipinski definition) is 1. The smallest absolute Gasteiger partial charge is 0.267 e. The highest BCUT2D eigenvalue weighted by Gasteiger charge is 2.32. The van der Waals surface area contributed by atoms with Crippen LogP contribution in [0, 0.1) is 11.6 Å². The Hall–Kier alpha value is -2.23. The number of ether oxygens (including phenoxy) is 1. The predicted octanol–water partition coefficient (Wildman–Crippen LogP) is 4.79. The number of carbonyl (C=O) groups excluding carboxylic acids is 1. The topological polar surface area (TPSA) is 75.7 Å². The van der Waals surface area contributed by atoms with Crippen molar-refractivity contribution in [2.45, 2.75) is 50.7 Å². The van der Waals surface area contributed by atoms with Crippen molar-refractivity contribution in [3.63, 3.8) is 0 Å². The molecule has 0 radical (unpaired) electrons. The summed E-state index contributed by atoms with van der Waals surface area (Å²) in [7, 11) is -3.81. The molecule has 1 saturated heterocycles. The van der Waals surface area contributed by atoms with Crippen LogP contribution >= 0.6 is 11.6 Å². The SMILES string of the molecule is C[C@H](c1ccc(F)cc1Cl)N1CCCC(Oc2cc(F)c(C(=O)NS(C)(=O)=O)cc2C2CC2)C1. The number of amides is 1. The van der Waals surface area contributed by atoms with Crippen molar-refractivity contribution in [3.8, 4) is 5.75 Å². The third kappa shape index (κ3) is 5.87. The number of piperidine rings is 1. The van der Waals surface area contributed by atoms with E-state index in [9.17, 15) is 22.0 Å². The van der Waals surface area contributed by atoms with E-state index in [1.54, 1.807) is 6.07 Å². The standard InChI is InChI=1S/C24H27ClF2N2O4S/c1-14(18-8-7-16(26)10-21(18)25)29-9-3-4-17(13-29)33-23-12-22(27)20(11-19(23)15-5-6-15)24(30)28-34(2,31)32/h7-8,10-12,14-15,17H,3-6,9,13H2,1-2H3,(H,28,30)/t14-,17?/m1/s1. The lowest BCUT2D eigenvalue weighted by molar-refractivity contribution is 0.0650. The molecule has 1 aliphatic carbocycles. The lowest BCUT2D eigenvalue weighted by Gasteiger charge is -2.37. The second-order valence-electron chi connectivity index (χ2n) is 9.07. The summed E-state index contributed by atoms with van der Waals surface area (Å²) in [5.74, 6) is -1.68. The maximum absolute atomic E-state index is 14.8. The van der Waals surface area contributed by atoms with Gasteiger partial charge in [0.05, 0.1) is 11.8 Å². The normalized spacial score (nSPS) is 20.1. The molecule has 2 aromatic rings. The van der Waals surface area contributed by atoms with E-state index in [1.807, 2.05) is 11.6 Å². The average Bonchev–Trinajstić information content (AvgIpc) is 3.57. The summed E-state index contributed by atoms with van der Waals surface area (Å²) in [5.41, 5.74) is 1.23. The van der Waals surface area contributed by atoms with E-state index in [0.717, 1.165) is 44.0 Å². The molecule has 2 aliphatic rings. The minimum atomic E-state index is -3.81. The van der Waals surface area contributed by atoms with Gasteiger partial charge in [-0.15, -0.1) is 0 Å². The summed E-state index contributed by atoms with van der Waals surface area (Å²) in [6, 6.07) is 6.92. The van der Waals surface area contributed by atoms with Crippen molar-refractivity contribution >= 4 is 27.5 Å². The van der Waals surface area contributed by atoms with Gasteiger partial charge in [-0.25, -0.2) is 21.9 Å². The van der Waals surface area contributed by atoms with Gasteiger partial charge < -0.3 is 4.74 Å². The minimum absolute atomic E-state index is 0.0544. The molecular weight excluding hydrogens is 486 g/mol. The molecule has 2 aromatic carbocycles. The van der Waals surface area contributed by atoms with Crippen LogP contribution in [0.5, 0.6) is 5.75 Å². The number of rotatable bonds is 7. The molecule has 1 amide bonds. The van der Waals surface area contributed by atoms with Crippen LogP contribution in [-0.4, -0.2) is 44.7 Å². The number of likely N-dealkylation sites (tertiary alicyclic amines) is 1. The quantitative estimate of drug-likeness (QED) is 0.577. The Morgan fingerprint density at radius 3 is 2.59 bits per heavy atom. The molecule has 0 bridgehead atoms. The van der Waals surface area contributed by atoms with Gasteiger partial charge in [0.25, 0.3) is 5.91 Å². The Kier molecular flexibility index (Phi) is 7.17. The third-order valence-electron chi connectivity index (χ3n) is 6.30. The summed E-state index contributed by atoms with van der Waals surface area (Å²) in [5, 5.41) is 0.372. The molecule has 1 aliphatic heterocycles. The molecule has 2 atom stereocenters. The first-order chi connectivity index (χ1) is 16.0. The third-order valence-corrected chi connectivity index (χ3v) is 7.19. The fourth-order valence-corrected chi connectivity index (χ4v) is 5.19. The van der Waals surface area contributed by atoms with Crippen LogP contribution in [0.3, 0.4) is 0 Å². The first-order valence-corrected chi connectivity index (χ1v) is 13.5. The number of nitrogens with one attached hydrogen (secondary N) is 1. The zero-order chi connectivity index (χ0) is 24.6. The number of carbonyl (C=O) groups is 1. The number of nitrogens with zero attached hydrogens (tertiary/aromatic N) is 1. The molecule has 10 heteroatoms. The number of hydrogen-bond acceptors (Lipinski definition) is 5. The minimum Gasteiger partial charge on any atom is -0.489 e.